The molecule has 3 unspecified atom stereocenters. The van der Waals surface area contributed by atoms with Crippen LogP contribution in [0.25, 0.3) is 0 Å². The van der Waals surface area contributed by atoms with Crippen molar-refractivity contribution in [3.8, 4) is 0 Å². The molecule has 0 fully saturated rings. The summed E-state index contributed by atoms with van der Waals surface area (Å²) < 4.78 is 75.3. The van der Waals surface area contributed by atoms with Gasteiger partial charge in [-0.1, -0.05) is 194 Å². The Morgan fingerprint density at radius 3 is 1.34 bits per heavy atom. The molecule has 70 heavy (non-hydrogen) atoms. The predicted molar refractivity (Wildman–Crippen MR) is 285 cm³/mol. The summed E-state index contributed by atoms with van der Waals surface area (Å²) in [5.74, 6) is -2.77. The molecule has 0 spiro atoms. The highest BCUT2D eigenvalue weighted by Gasteiger charge is 2.26. The Labute approximate surface area is 429 Å². The van der Waals surface area contributed by atoms with Gasteiger partial charge in [0.05, 0.1) is 17.7 Å². The molecule has 0 bridgehead atoms. The van der Waals surface area contributed by atoms with Gasteiger partial charge >= 0.3 is 11.9 Å². The summed E-state index contributed by atoms with van der Waals surface area (Å²) in [5, 5.41) is 11.2. The van der Waals surface area contributed by atoms with E-state index in [0.29, 0.717) is 19.3 Å². The first-order valence-corrected chi connectivity index (χ1v) is 31.8. The number of ether oxygens (including phenoxy) is 2. The number of carbonyl (C=O) groups is 4. The molecule has 0 aliphatic rings. The lowest BCUT2D eigenvalue weighted by Crippen LogP contribution is -2.58. The van der Waals surface area contributed by atoms with Crippen molar-refractivity contribution in [3.05, 3.63) is 0 Å². The first kappa shape index (κ1) is 68.0. The molecule has 414 valence electrons. The number of hydrogen-bond acceptors (Lipinski definition) is 13. The number of carbonyl (C=O) groups excluding carboxylic acids is 4. The lowest BCUT2D eigenvalue weighted by molar-refractivity contribution is -0.157. The number of nitrogens with one attached hydrogen (secondary N) is 4. The maximum atomic E-state index is 13.9. The van der Waals surface area contributed by atoms with Gasteiger partial charge in [-0.05, 0) is 19.3 Å². The minimum Gasteiger partial charge on any atom is -0.462 e. The largest absolute Gasteiger partial charge is 0.462 e. The number of esters is 2. The van der Waals surface area contributed by atoms with Crippen molar-refractivity contribution >= 4 is 55.8 Å². The van der Waals surface area contributed by atoms with Gasteiger partial charge in [0, 0.05) is 50.4 Å². The quantitative estimate of drug-likeness (QED) is 0.0144. The summed E-state index contributed by atoms with van der Waals surface area (Å²) >= 11 is 1.24. The van der Waals surface area contributed by atoms with E-state index < -0.39 is 61.9 Å². The SMILES string of the molecule is CCCCCCCCCCCCCCC(=O)NC(CSCC(COC(=O)CCCCCCCCCCC)OC(=O)CCCCCCCCCCC)C(=O)NC(CNCCS(=O)(=O)O)NCCS(=O)(=O)O. The molecule has 2 amide bonds. The number of unbranched alkanes of at least 4 members (excludes halogenated alkanes) is 27. The zero-order chi connectivity index (χ0) is 52.0. The van der Waals surface area contributed by atoms with Gasteiger partial charge in [-0.25, -0.2) is 0 Å². The topological polar surface area (TPSA) is 244 Å². The van der Waals surface area contributed by atoms with Crippen molar-refractivity contribution in [3.63, 3.8) is 0 Å². The fraction of sp³-hybridized carbons (Fsp3) is 0.922. The average Bonchev–Trinajstić information content (AvgIpc) is 3.30. The number of rotatable bonds is 52. The second kappa shape index (κ2) is 46.7. The van der Waals surface area contributed by atoms with Gasteiger partial charge in [0.25, 0.3) is 20.2 Å². The third kappa shape index (κ3) is 48.2. The molecule has 0 aromatic heterocycles. The van der Waals surface area contributed by atoms with Crippen LogP contribution in [0.2, 0.25) is 0 Å². The van der Waals surface area contributed by atoms with Gasteiger partial charge in [0.2, 0.25) is 11.8 Å². The van der Waals surface area contributed by atoms with E-state index in [1.165, 1.54) is 121 Å². The van der Waals surface area contributed by atoms with Crippen molar-refractivity contribution in [1.82, 2.24) is 21.3 Å². The van der Waals surface area contributed by atoms with Crippen LogP contribution < -0.4 is 21.3 Å². The zero-order valence-corrected chi connectivity index (χ0v) is 46.4. The molecule has 6 N–H and O–H groups in total. The van der Waals surface area contributed by atoms with E-state index in [1.54, 1.807) is 0 Å². The number of amides is 2. The Balaban J connectivity index is 5.74. The molecule has 3 atom stereocenters. The van der Waals surface area contributed by atoms with Gasteiger partial charge in [0.1, 0.15) is 18.8 Å². The fourth-order valence-electron chi connectivity index (χ4n) is 7.93. The molecule has 16 nitrogen and oxygen atoms in total. The van der Waals surface area contributed by atoms with Crippen molar-refractivity contribution in [2.75, 3.05) is 49.3 Å². The second-order valence-corrected chi connectivity index (χ2v) is 23.3. The van der Waals surface area contributed by atoms with Crippen molar-refractivity contribution in [2.45, 2.75) is 251 Å². The lowest BCUT2D eigenvalue weighted by atomic mass is 10.0. The molecular weight excluding hydrogens is 957 g/mol. The van der Waals surface area contributed by atoms with E-state index in [9.17, 15) is 40.6 Å². The van der Waals surface area contributed by atoms with Crippen molar-refractivity contribution in [2.24, 2.45) is 0 Å². The first-order valence-electron chi connectivity index (χ1n) is 27.5. The predicted octanol–water partition coefficient (Wildman–Crippen LogP) is 9.99. The molecule has 0 aromatic carbocycles. The molecule has 0 aromatic rings. The number of hydrogen-bond donors (Lipinski definition) is 6. The van der Waals surface area contributed by atoms with Crippen LogP contribution in [-0.4, -0.2) is 117 Å². The van der Waals surface area contributed by atoms with Crippen LogP contribution in [0.4, 0.5) is 0 Å². The van der Waals surface area contributed by atoms with Crippen LogP contribution >= 0.6 is 11.8 Å². The van der Waals surface area contributed by atoms with E-state index in [-0.39, 0.29) is 68.9 Å². The maximum Gasteiger partial charge on any atom is 0.306 e. The highest BCUT2D eigenvalue weighted by atomic mass is 32.2. The van der Waals surface area contributed by atoms with Crippen LogP contribution in [0, 0.1) is 0 Å². The van der Waals surface area contributed by atoms with Crippen LogP contribution in [0.1, 0.15) is 233 Å². The molecule has 19 heteroatoms. The van der Waals surface area contributed by atoms with Crippen LogP contribution in [0.15, 0.2) is 0 Å². The average molecular weight is 1060 g/mol. The van der Waals surface area contributed by atoms with E-state index in [4.69, 9.17) is 14.0 Å². The van der Waals surface area contributed by atoms with Gasteiger partial charge in [0.15, 0.2) is 0 Å². The smallest absolute Gasteiger partial charge is 0.306 e. The van der Waals surface area contributed by atoms with Crippen LogP contribution in [-0.2, 0) is 48.9 Å². The van der Waals surface area contributed by atoms with Gasteiger partial charge < -0.3 is 25.4 Å². The van der Waals surface area contributed by atoms with Gasteiger partial charge in [-0.2, -0.15) is 28.6 Å². The van der Waals surface area contributed by atoms with E-state index in [1.807, 2.05) is 0 Å². The summed E-state index contributed by atoms with van der Waals surface area (Å²) in [5.41, 5.74) is 0. The Bertz CT molecular complexity index is 1520. The molecule has 0 saturated carbocycles. The normalized spacial score (nSPS) is 13.2. The molecule has 0 aliphatic heterocycles. The minimum atomic E-state index is -4.35. The summed E-state index contributed by atoms with van der Waals surface area (Å²) in [6.07, 6.45) is 32.5. The number of thioether (sulfide) groups is 1. The standard InChI is InChI=1S/C51H100N4O12S3/c1-4-7-10-13-16-19-20-21-24-25-28-31-34-48(56)54-46(51(59)55-47(53-38-40-70(63,64)65)41-52-37-39-69(60,61)62)44-68-43-45(67-50(58)36-33-30-27-23-18-15-12-9-6-3)42-66-49(57)35-32-29-26-22-17-14-11-8-5-2/h45-47,52-53H,4-44H2,1-3H3,(H,54,56)(H,55,59)(H,60,61,62)(H,63,64,65). The van der Waals surface area contributed by atoms with E-state index >= 15 is 0 Å². The lowest BCUT2D eigenvalue weighted by Gasteiger charge is -2.25. The second-order valence-electron chi connectivity index (χ2n) is 19.0. The minimum absolute atomic E-state index is 0.0443. The summed E-state index contributed by atoms with van der Waals surface area (Å²) in [6, 6.07) is -1.09. The summed E-state index contributed by atoms with van der Waals surface area (Å²) in [7, 11) is -8.63. The van der Waals surface area contributed by atoms with Crippen molar-refractivity contribution < 1.29 is 54.6 Å². The summed E-state index contributed by atoms with van der Waals surface area (Å²) in [6.45, 7) is 5.93. The third-order valence-corrected chi connectivity index (χ3v) is 14.8. The zero-order valence-electron chi connectivity index (χ0n) is 43.9. The molecule has 0 heterocycles. The fourth-order valence-corrected chi connectivity index (χ4v) is 9.74. The monoisotopic (exact) mass is 1060 g/mol. The van der Waals surface area contributed by atoms with Gasteiger partial charge in [-0.3, -0.25) is 33.6 Å². The van der Waals surface area contributed by atoms with E-state index in [0.717, 1.165) is 64.2 Å². The Kier molecular flexibility index (Phi) is 45.4. The summed E-state index contributed by atoms with van der Waals surface area (Å²) in [4.78, 5) is 53.1. The molecule has 0 aliphatic carbocycles. The molecule has 0 rings (SSSR count). The Hall–Kier alpha value is -2.03. The highest BCUT2D eigenvalue weighted by molar-refractivity contribution is 7.99. The molecule has 0 radical (unpaired) electrons. The third-order valence-electron chi connectivity index (χ3n) is 12.1. The Morgan fingerprint density at radius 1 is 0.500 bits per heavy atom. The Morgan fingerprint density at radius 2 is 0.900 bits per heavy atom. The van der Waals surface area contributed by atoms with Crippen molar-refractivity contribution in [1.29, 1.82) is 0 Å². The molecular formula is C51H100N4O12S3. The van der Waals surface area contributed by atoms with Gasteiger partial charge in [-0.15, -0.1) is 0 Å². The highest BCUT2D eigenvalue weighted by Crippen LogP contribution is 2.17. The molecule has 0 saturated heterocycles. The maximum absolute atomic E-state index is 13.9. The van der Waals surface area contributed by atoms with Crippen LogP contribution in [0.3, 0.4) is 0 Å². The first-order chi connectivity index (χ1) is 33.6. The van der Waals surface area contributed by atoms with Crippen LogP contribution in [0.5, 0.6) is 0 Å². The van der Waals surface area contributed by atoms with E-state index in [2.05, 4.69) is 42.0 Å².